The zero-order chi connectivity index (χ0) is 16.3. The highest BCUT2D eigenvalue weighted by atomic mass is 16.3. The van der Waals surface area contributed by atoms with E-state index in [1.807, 2.05) is 0 Å². The number of likely N-dealkylation sites (tertiary alicyclic amines) is 1. The average Bonchev–Trinajstić information content (AvgIpc) is 2.47. The fraction of sp³-hybridized carbons (Fsp3) is 0.471. The van der Waals surface area contributed by atoms with Crippen LogP contribution in [0.1, 0.15) is 36.2 Å². The van der Waals surface area contributed by atoms with Crippen LogP contribution in [0, 0.1) is 11.8 Å². The van der Waals surface area contributed by atoms with Gasteiger partial charge in [0.2, 0.25) is 0 Å². The van der Waals surface area contributed by atoms with Gasteiger partial charge in [-0.1, -0.05) is 17.9 Å². The highest BCUT2D eigenvalue weighted by Gasteiger charge is 2.28. The van der Waals surface area contributed by atoms with Crippen molar-refractivity contribution in [2.75, 3.05) is 13.1 Å². The van der Waals surface area contributed by atoms with Crippen molar-refractivity contribution in [1.29, 1.82) is 0 Å². The van der Waals surface area contributed by atoms with Crippen molar-refractivity contribution < 1.29 is 15.0 Å². The first-order chi connectivity index (χ1) is 10.3. The summed E-state index contributed by atoms with van der Waals surface area (Å²) in [6.45, 7) is 4.00. The Kier molecular flexibility index (Phi) is 4.87. The molecule has 0 saturated carbocycles. The first-order valence-electron chi connectivity index (χ1n) is 7.35. The molecular formula is C17H22N2O3. The Labute approximate surface area is 130 Å². The lowest BCUT2D eigenvalue weighted by Gasteiger charge is -2.34. The summed E-state index contributed by atoms with van der Waals surface area (Å²) in [5.74, 6) is 5.44. The number of β-amino-alcohol motifs (C(OH)–C–C–N with tert-alkyl or cyclic N) is 1. The third-order valence-electron chi connectivity index (χ3n) is 3.54. The minimum absolute atomic E-state index is 0.141. The lowest BCUT2D eigenvalue weighted by molar-refractivity contribution is 0.0395. The molecule has 1 aromatic rings. The van der Waals surface area contributed by atoms with Gasteiger partial charge in [0.25, 0.3) is 5.91 Å². The molecular weight excluding hydrogens is 280 g/mol. The van der Waals surface area contributed by atoms with Crippen molar-refractivity contribution in [3.63, 3.8) is 0 Å². The first-order valence-corrected chi connectivity index (χ1v) is 7.35. The number of nitrogens with zero attached hydrogens (tertiary/aromatic N) is 1. The van der Waals surface area contributed by atoms with Crippen molar-refractivity contribution in [2.24, 2.45) is 5.73 Å². The zero-order valence-electron chi connectivity index (χ0n) is 12.9. The molecule has 0 aliphatic carbocycles. The molecule has 1 amide bonds. The van der Waals surface area contributed by atoms with E-state index in [-0.39, 0.29) is 18.5 Å². The lowest BCUT2D eigenvalue weighted by Crippen LogP contribution is -2.52. The number of rotatable bonds is 1. The Bertz CT molecular complexity index is 610. The smallest absolute Gasteiger partial charge is 0.253 e. The number of hydrogen-bond acceptors (Lipinski definition) is 4. The van der Waals surface area contributed by atoms with E-state index in [0.29, 0.717) is 24.1 Å². The summed E-state index contributed by atoms with van der Waals surface area (Å²) in [7, 11) is 0. The Balaban J connectivity index is 2.15. The molecule has 4 N–H and O–H groups in total. The molecule has 5 heteroatoms. The molecule has 0 unspecified atom stereocenters. The van der Waals surface area contributed by atoms with Gasteiger partial charge in [-0.15, -0.1) is 0 Å². The third-order valence-corrected chi connectivity index (χ3v) is 3.54. The largest absolute Gasteiger partial charge is 0.390 e. The second kappa shape index (κ2) is 6.49. The van der Waals surface area contributed by atoms with Crippen LogP contribution in [0.15, 0.2) is 24.3 Å². The van der Waals surface area contributed by atoms with Gasteiger partial charge in [-0.25, -0.2) is 0 Å². The van der Waals surface area contributed by atoms with Crippen LogP contribution in [0.25, 0.3) is 0 Å². The van der Waals surface area contributed by atoms with Gasteiger partial charge in [-0.2, -0.15) is 0 Å². The number of piperidine rings is 1. The second-order valence-corrected chi connectivity index (χ2v) is 6.16. The molecule has 0 spiro atoms. The van der Waals surface area contributed by atoms with Gasteiger partial charge in [-0.3, -0.25) is 4.79 Å². The third kappa shape index (κ3) is 4.31. The molecule has 0 radical (unpaired) electrons. The zero-order valence-corrected chi connectivity index (χ0v) is 12.9. The van der Waals surface area contributed by atoms with E-state index in [1.54, 1.807) is 43.0 Å². The van der Waals surface area contributed by atoms with Crippen LogP contribution >= 0.6 is 0 Å². The summed E-state index contributed by atoms with van der Waals surface area (Å²) in [4.78, 5) is 14.1. The number of carbonyl (C=O) groups excluding carboxylic acids is 1. The summed E-state index contributed by atoms with van der Waals surface area (Å²) < 4.78 is 0. The predicted octanol–water partition coefficient (Wildman–Crippen LogP) is 0.343. The summed E-state index contributed by atoms with van der Waals surface area (Å²) in [6, 6.07) is 6.69. The Morgan fingerprint density at radius 2 is 2.18 bits per heavy atom. The monoisotopic (exact) mass is 302 g/mol. The number of amides is 1. The average molecular weight is 302 g/mol. The molecule has 0 bridgehead atoms. The minimum atomic E-state index is -1.08. The summed E-state index contributed by atoms with van der Waals surface area (Å²) in [5, 5.41) is 19.4. The summed E-state index contributed by atoms with van der Waals surface area (Å²) in [5.41, 5.74) is 5.86. The lowest BCUT2D eigenvalue weighted by atomic mass is 10.0. The molecule has 1 aromatic carbocycles. The maximum atomic E-state index is 12.5. The van der Waals surface area contributed by atoms with Gasteiger partial charge in [0.15, 0.2) is 0 Å². The number of carbonyl (C=O) groups is 1. The van der Waals surface area contributed by atoms with Crippen molar-refractivity contribution in [2.45, 2.75) is 38.0 Å². The van der Waals surface area contributed by atoms with E-state index in [0.717, 1.165) is 0 Å². The number of benzene rings is 1. The molecule has 2 rings (SSSR count). The van der Waals surface area contributed by atoms with Crippen LogP contribution in [0.2, 0.25) is 0 Å². The van der Waals surface area contributed by atoms with Crippen LogP contribution < -0.4 is 5.73 Å². The molecule has 1 heterocycles. The van der Waals surface area contributed by atoms with Gasteiger partial charge in [0.05, 0.1) is 6.10 Å². The van der Waals surface area contributed by atoms with Gasteiger partial charge in [0.1, 0.15) is 5.60 Å². The van der Waals surface area contributed by atoms with Gasteiger partial charge >= 0.3 is 0 Å². The van der Waals surface area contributed by atoms with Crippen LogP contribution in [0.3, 0.4) is 0 Å². The standard InChI is InChI=1S/C17H22N2O3/c1-17(2,22)8-6-12-4-3-5-13(10-12)16(21)19-9-7-14(18)15(20)11-19/h3-5,10,14-15,20,22H,7,9,11,18H2,1-2H3/t14-,15-/m1/s1. The molecule has 1 aliphatic rings. The number of hydrogen-bond donors (Lipinski definition) is 3. The molecule has 2 atom stereocenters. The minimum Gasteiger partial charge on any atom is -0.390 e. The topological polar surface area (TPSA) is 86.8 Å². The van der Waals surface area contributed by atoms with Crippen LogP contribution in [-0.2, 0) is 0 Å². The summed E-state index contributed by atoms with van der Waals surface area (Å²) in [6.07, 6.45) is -0.0960. The van der Waals surface area contributed by atoms with Crippen molar-refractivity contribution in [3.8, 4) is 11.8 Å². The molecule has 1 saturated heterocycles. The van der Waals surface area contributed by atoms with Crippen molar-refractivity contribution in [3.05, 3.63) is 35.4 Å². The van der Waals surface area contributed by atoms with Gasteiger partial charge < -0.3 is 20.8 Å². The molecule has 118 valence electrons. The van der Waals surface area contributed by atoms with E-state index in [2.05, 4.69) is 11.8 Å². The number of nitrogens with two attached hydrogens (primary N) is 1. The Morgan fingerprint density at radius 1 is 1.45 bits per heavy atom. The molecule has 22 heavy (non-hydrogen) atoms. The number of aliphatic hydroxyl groups excluding tert-OH is 1. The quantitative estimate of drug-likeness (QED) is 0.653. The predicted molar refractivity (Wildman–Crippen MR) is 84.1 cm³/mol. The van der Waals surface area contributed by atoms with Crippen LogP contribution in [-0.4, -0.2) is 51.9 Å². The fourth-order valence-electron chi connectivity index (χ4n) is 2.27. The Hall–Kier alpha value is -1.87. The van der Waals surface area contributed by atoms with Crippen LogP contribution in [0.5, 0.6) is 0 Å². The Morgan fingerprint density at radius 3 is 2.82 bits per heavy atom. The highest BCUT2D eigenvalue weighted by molar-refractivity contribution is 5.94. The fourth-order valence-corrected chi connectivity index (χ4v) is 2.27. The normalized spacial score (nSPS) is 22.0. The van der Waals surface area contributed by atoms with E-state index in [9.17, 15) is 15.0 Å². The van der Waals surface area contributed by atoms with E-state index in [1.165, 1.54) is 0 Å². The van der Waals surface area contributed by atoms with E-state index >= 15 is 0 Å². The van der Waals surface area contributed by atoms with Crippen LogP contribution in [0.4, 0.5) is 0 Å². The molecule has 0 aromatic heterocycles. The summed E-state index contributed by atoms with van der Waals surface area (Å²) >= 11 is 0. The van der Waals surface area contributed by atoms with E-state index < -0.39 is 11.7 Å². The second-order valence-electron chi connectivity index (χ2n) is 6.16. The first kappa shape index (κ1) is 16.5. The molecule has 1 aliphatic heterocycles. The number of aliphatic hydroxyl groups is 2. The highest BCUT2D eigenvalue weighted by Crippen LogP contribution is 2.14. The maximum Gasteiger partial charge on any atom is 0.253 e. The van der Waals surface area contributed by atoms with Gasteiger partial charge in [0, 0.05) is 30.3 Å². The molecule has 5 nitrogen and oxygen atoms in total. The van der Waals surface area contributed by atoms with Crippen molar-refractivity contribution in [1.82, 2.24) is 4.90 Å². The maximum absolute atomic E-state index is 12.5. The van der Waals surface area contributed by atoms with Crippen molar-refractivity contribution >= 4 is 5.91 Å². The SMILES string of the molecule is CC(C)(O)C#Cc1cccc(C(=O)N2CC[C@@H](N)[C@H](O)C2)c1. The molecule has 1 fully saturated rings. The van der Waals surface area contributed by atoms with E-state index in [4.69, 9.17) is 5.73 Å². The van der Waals surface area contributed by atoms with Gasteiger partial charge in [-0.05, 0) is 38.5 Å².